The van der Waals surface area contributed by atoms with Gasteiger partial charge in [-0.1, -0.05) is 0 Å². The van der Waals surface area contributed by atoms with Gasteiger partial charge in [-0.25, -0.2) is 9.67 Å². The minimum absolute atomic E-state index is 0.288. The van der Waals surface area contributed by atoms with Crippen LogP contribution in [0.25, 0.3) is 10.6 Å². The largest absolute Gasteiger partial charge is 0.493 e. The number of ether oxygens (including phenoxy) is 2. The van der Waals surface area contributed by atoms with Gasteiger partial charge < -0.3 is 14.8 Å². The average Bonchev–Trinajstić information content (AvgIpc) is 3.30. The Labute approximate surface area is 154 Å². The van der Waals surface area contributed by atoms with E-state index >= 15 is 0 Å². The van der Waals surface area contributed by atoms with Crippen LogP contribution in [0, 0.1) is 0 Å². The highest BCUT2D eigenvalue weighted by Crippen LogP contribution is 2.33. The van der Waals surface area contributed by atoms with Crippen molar-refractivity contribution in [3.05, 3.63) is 35.1 Å². The Hall–Kier alpha value is -3.01. The molecule has 2 heterocycles. The topological polar surface area (TPSA) is 104 Å². The number of hydrogen-bond acceptors (Lipinski definition) is 8. The monoisotopic (exact) mass is 374 g/mol. The summed E-state index contributed by atoms with van der Waals surface area (Å²) < 4.78 is 12.1. The molecule has 9 nitrogen and oxygen atoms in total. The third-order valence-electron chi connectivity index (χ3n) is 3.76. The highest BCUT2D eigenvalue weighted by molar-refractivity contribution is 7.13. The maximum absolute atomic E-state index is 12.4. The first-order chi connectivity index (χ1) is 12.5. The number of thiazole rings is 1. The molecule has 1 N–H and O–H groups in total. The van der Waals surface area contributed by atoms with E-state index in [1.807, 2.05) is 19.1 Å². The van der Waals surface area contributed by atoms with E-state index in [0.717, 1.165) is 5.56 Å². The van der Waals surface area contributed by atoms with Crippen molar-refractivity contribution in [3.63, 3.8) is 0 Å². The molecule has 1 amide bonds. The maximum atomic E-state index is 12.4. The minimum atomic E-state index is -0.339. The lowest BCUT2D eigenvalue weighted by atomic mass is 10.2. The predicted octanol–water partition coefficient (Wildman–Crippen LogP) is 1.84. The highest BCUT2D eigenvalue weighted by Gasteiger charge is 2.19. The lowest BCUT2D eigenvalue weighted by Gasteiger charge is -2.10. The Morgan fingerprint density at radius 2 is 2.04 bits per heavy atom. The molecule has 0 fully saturated rings. The quantitative estimate of drug-likeness (QED) is 0.702. The summed E-state index contributed by atoms with van der Waals surface area (Å²) in [6.45, 7) is 1.81. The number of amides is 1. The van der Waals surface area contributed by atoms with Crippen LogP contribution < -0.4 is 14.8 Å². The molecule has 136 valence electrons. The number of tetrazole rings is 1. The van der Waals surface area contributed by atoms with Crippen molar-refractivity contribution in [1.82, 2.24) is 30.5 Å². The number of methoxy groups -OCH3 is 2. The Balaban J connectivity index is 1.77. The summed E-state index contributed by atoms with van der Waals surface area (Å²) in [4.78, 5) is 16.9. The van der Waals surface area contributed by atoms with Gasteiger partial charge in [0.1, 0.15) is 10.7 Å². The summed E-state index contributed by atoms with van der Waals surface area (Å²) in [7, 11) is 4.87. The molecule has 3 rings (SSSR count). The van der Waals surface area contributed by atoms with Gasteiger partial charge in [-0.05, 0) is 35.5 Å². The number of carbonyl (C=O) groups excluding carboxylic acids is 1. The van der Waals surface area contributed by atoms with Crippen LogP contribution in [0.2, 0.25) is 0 Å². The smallest absolute Gasteiger partial charge is 0.271 e. The van der Waals surface area contributed by atoms with Gasteiger partial charge in [-0.3, -0.25) is 4.79 Å². The zero-order chi connectivity index (χ0) is 18.7. The molecule has 0 spiro atoms. The number of rotatable bonds is 6. The molecular formula is C16H18N6O3S. The van der Waals surface area contributed by atoms with Gasteiger partial charge in [-0.15, -0.1) is 16.4 Å². The average molecular weight is 374 g/mol. The molecule has 0 aliphatic carbocycles. The van der Waals surface area contributed by atoms with Crippen molar-refractivity contribution in [2.75, 3.05) is 14.2 Å². The lowest BCUT2D eigenvalue weighted by molar-refractivity contribution is 0.0933. The lowest BCUT2D eigenvalue weighted by Crippen LogP contribution is -2.28. The molecule has 1 atom stereocenters. The second-order valence-corrected chi connectivity index (χ2v) is 6.32. The Morgan fingerprint density at radius 3 is 2.69 bits per heavy atom. The van der Waals surface area contributed by atoms with Crippen LogP contribution in [0.5, 0.6) is 11.5 Å². The van der Waals surface area contributed by atoms with E-state index in [1.54, 1.807) is 32.7 Å². The molecule has 0 saturated carbocycles. The third-order valence-corrected chi connectivity index (χ3v) is 4.65. The predicted molar refractivity (Wildman–Crippen MR) is 95.3 cm³/mol. The standard InChI is InChI=1S/C16H18N6O3S/c1-9(14-19-20-21-22(14)2)17-15(23)11-8-26-16(18-11)10-5-6-12(24-3)13(7-10)25-4/h5-9H,1-4H3,(H,17,23)/t9-/m0/s1. The van der Waals surface area contributed by atoms with E-state index in [9.17, 15) is 4.79 Å². The molecule has 3 aromatic rings. The van der Waals surface area contributed by atoms with Crippen molar-refractivity contribution in [3.8, 4) is 22.1 Å². The highest BCUT2D eigenvalue weighted by atomic mass is 32.1. The van der Waals surface area contributed by atoms with Gasteiger partial charge in [0.2, 0.25) is 0 Å². The number of nitrogens with zero attached hydrogens (tertiary/aromatic N) is 5. The van der Waals surface area contributed by atoms with Crippen LogP contribution in [0.1, 0.15) is 29.3 Å². The van der Waals surface area contributed by atoms with Crippen molar-refractivity contribution in [2.45, 2.75) is 13.0 Å². The van der Waals surface area contributed by atoms with E-state index in [4.69, 9.17) is 9.47 Å². The van der Waals surface area contributed by atoms with Gasteiger partial charge >= 0.3 is 0 Å². The molecule has 0 aliphatic heterocycles. The summed E-state index contributed by atoms with van der Waals surface area (Å²) >= 11 is 1.38. The van der Waals surface area contributed by atoms with Crippen molar-refractivity contribution in [2.24, 2.45) is 7.05 Å². The Bertz CT molecular complexity index is 922. The molecule has 26 heavy (non-hydrogen) atoms. The fourth-order valence-electron chi connectivity index (χ4n) is 2.42. The van der Waals surface area contributed by atoms with E-state index in [0.29, 0.717) is 28.0 Å². The summed E-state index contributed by atoms with van der Waals surface area (Å²) in [5.74, 6) is 1.52. The first kappa shape index (κ1) is 17.8. The number of benzene rings is 1. The fourth-order valence-corrected chi connectivity index (χ4v) is 3.22. The Kier molecular flexibility index (Phi) is 5.12. The molecule has 0 bridgehead atoms. The Morgan fingerprint density at radius 1 is 1.27 bits per heavy atom. The first-order valence-electron chi connectivity index (χ1n) is 7.74. The SMILES string of the molecule is COc1ccc(-c2nc(C(=O)N[C@@H](C)c3nnnn3C)cs2)cc1OC. The van der Waals surface area contributed by atoms with Crippen LogP contribution in [-0.2, 0) is 7.05 Å². The molecule has 10 heteroatoms. The molecule has 1 aromatic carbocycles. The van der Waals surface area contributed by atoms with Gasteiger partial charge in [0, 0.05) is 18.0 Å². The molecule has 0 saturated heterocycles. The van der Waals surface area contributed by atoms with Crippen LogP contribution in [-0.4, -0.2) is 45.3 Å². The summed E-state index contributed by atoms with van der Waals surface area (Å²) in [5.41, 5.74) is 1.18. The number of aromatic nitrogens is 5. The maximum Gasteiger partial charge on any atom is 0.271 e. The summed E-state index contributed by atoms with van der Waals surface area (Å²) in [6, 6.07) is 5.16. The van der Waals surface area contributed by atoms with Crippen molar-refractivity contribution < 1.29 is 14.3 Å². The van der Waals surface area contributed by atoms with Gasteiger partial charge in [-0.2, -0.15) is 0 Å². The molecule has 0 aliphatic rings. The minimum Gasteiger partial charge on any atom is -0.493 e. The van der Waals surface area contributed by atoms with Gasteiger partial charge in [0.25, 0.3) is 5.91 Å². The number of carbonyl (C=O) groups is 1. The van der Waals surface area contributed by atoms with E-state index in [-0.39, 0.29) is 11.9 Å². The second kappa shape index (κ2) is 7.48. The summed E-state index contributed by atoms with van der Waals surface area (Å²) in [6.07, 6.45) is 0. The number of nitrogens with one attached hydrogen (secondary N) is 1. The molecular weight excluding hydrogens is 356 g/mol. The molecule has 0 unspecified atom stereocenters. The third kappa shape index (κ3) is 3.49. The van der Waals surface area contributed by atoms with Crippen LogP contribution in [0.3, 0.4) is 0 Å². The fraction of sp³-hybridized carbons (Fsp3) is 0.312. The molecule has 0 radical (unpaired) electrons. The number of aryl methyl sites for hydroxylation is 1. The zero-order valence-electron chi connectivity index (χ0n) is 14.8. The van der Waals surface area contributed by atoms with Crippen LogP contribution >= 0.6 is 11.3 Å². The van der Waals surface area contributed by atoms with Crippen LogP contribution in [0.15, 0.2) is 23.6 Å². The van der Waals surface area contributed by atoms with Crippen molar-refractivity contribution >= 4 is 17.2 Å². The van der Waals surface area contributed by atoms with Gasteiger partial charge in [0.05, 0.1) is 20.3 Å². The van der Waals surface area contributed by atoms with E-state index < -0.39 is 0 Å². The molecule has 2 aromatic heterocycles. The first-order valence-corrected chi connectivity index (χ1v) is 8.62. The normalized spacial score (nSPS) is 11.8. The van der Waals surface area contributed by atoms with E-state index in [1.165, 1.54) is 16.0 Å². The van der Waals surface area contributed by atoms with Crippen LogP contribution in [0.4, 0.5) is 0 Å². The second-order valence-electron chi connectivity index (χ2n) is 5.46. The van der Waals surface area contributed by atoms with E-state index in [2.05, 4.69) is 25.8 Å². The zero-order valence-corrected chi connectivity index (χ0v) is 15.6. The van der Waals surface area contributed by atoms with Crippen molar-refractivity contribution in [1.29, 1.82) is 0 Å². The number of hydrogen-bond donors (Lipinski definition) is 1. The summed E-state index contributed by atoms with van der Waals surface area (Å²) in [5, 5.41) is 16.5. The van der Waals surface area contributed by atoms with Gasteiger partial charge in [0.15, 0.2) is 17.3 Å².